The molecule has 0 amide bonds. The highest BCUT2D eigenvalue weighted by Crippen LogP contribution is 2.35. The smallest absolute Gasteiger partial charge is 0.322 e. The van der Waals surface area contributed by atoms with Gasteiger partial charge in [0.2, 0.25) is 5.56 Å². The van der Waals surface area contributed by atoms with E-state index in [-0.39, 0.29) is 10.9 Å². The first-order valence-corrected chi connectivity index (χ1v) is 8.03. The van der Waals surface area contributed by atoms with Crippen molar-refractivity contribution in [2.45, 2.75) is 40.3 Å². The average molecular weight is 337 g/mol. The number of allylic oxidation sites excluding steroid dienone is 2. The molecule has 0 bridgehead atoms. The zero-order valence-electron chi connectivity index (χ0n) is 14.3. The van der Waals surface area contributed by atoms with Crippen LogP contribution in [0.25, 0.3) is 16.5 Å². The molecule has 0 saturated heterocycles. The lowest BCUT2D eigenvalue weighted by Gasteiger charge is -2.15. The number of H-pyrrole nitrogens is 1. The molecule has 5 heteroatoms. The third-order valence-corrected chi connectivity index (χ3v) is 3.68. The molecule has 1 N–H and O–H groups in total. The zero-order valence-corrected chi connectivity index (χ0v) is 14.3. The lowest BCUT2D eigenvalue weighted by Crippen LogP contribution is -2.14. The predicted molar refractivity (Wildman–Crippen MR) is 91.8 cm³/mol. The standard InChI is InChI=1S/C19H22F3NO/c1-11(2)7-14(8-12(3)4)13-5-6-17-15(9-13)16(19(20,21)22)10-18(24)23-17/h5-7,9-12H,8H2,1-4H3,(H,23,24). The first-order valence-electron chi connectivity index (χ1n) is 8.03. The van der Waals surface area contributed by atoms with Crippen molar-refractivity contribution in [3.8, 4) is 0 Å². The average Bonchev–Trinajstić information content (AvgIpc) is 2.43. The molecule has 0 radical (unpaired) electrons. The number of halogens is 3. The fourth-order valence-corrected chi connectivity index (χ4v) is 2.81. The van der Waals surface area contributed by atoms with Crippen molar-refractivity contribution >= 4 is 16.5 Å². The second-order valence-electron chi connectivity index (χ2n) is 6.84. The van der Waals surface area contributed by atoms with Crippen molar-refractivity contribution < 1.29 is 13.2 Å². The van der Waals surface area contributed by atoms with Crippen LogP contribution in [0.1, 0.15) is 45.2 Å². The van der Waals surface area contributed by atoms with Crippen LogP contribution in [0.3, 0.4) is 0 Å². The summed E-state index contributed by atoms with van der Waals surface area (Å²) in [7, 11) is 0. The van der Waals surface area contributed by atoms with Gasteiger partial charge >= 0.3 is 6.18 Å². The molecule has 1 aromatic heterocycles. The number of alkyl halides is 3. The monoisotopic (exact) mass is 337 g/mol. The van der Waals surface area contributed by atoms with Crippen LogP contribution in [0.2, 0.25) is 0 Å². The summed E-state index contributed by atoms with van der Waals surface area (Å²) >= 11 is 0. The van der Waals surface area contributed by atoms with Gasteiger partial charge in [0.15, 0.2) is 0 Å². The fraction of sp³-hybridized carbons (Fsp3) is 0.421. The molecule has 130 valence electrons. The number of nitrogens with one attached hydrogen (secondary N) is 1. The highest BCUT2D eigenvalue weighted by Gasteiger charge is 2.33. The lowest BCUT2D eigenvalue weighted by molar-refractivity contribution is -0.136. The largest absolute Gasteiger partial charge is 0.417 e. The van der Waals surface area contributed by atoms with Gasteiger partial charge < -0.3 is 4.98 Å². The van der Waals surface area contributed by atoms with Crippen LogP contribution >= 0.6 is 0 Å². The van der Waals surface area contributed by atoms with Crippen LogP contribution in [0.5, 0.6) is 0 Å². The molecule has 1 aromatic carbocycles. The van der Waals surface area contributed by atoms with Crippen molar-refractivity contribution in [2.24, 2.45) is 11.8 Å². The molecule has 0 aliphatic rings. The SMILES string of the molecule is CC(C)C=C(CC(C)C)c1ccc2[nH]c(=O)cc(C(F)(F)F)c2c1. The van der Waals surface area contributed by atoms with Crippen LogP contribution < -0.4 is 5.56 Å². The Morgan fingerprint density at radius 3 is 2.38 bits per heavy atom. The number of fused-ring (bicyclic) bond motifs is 1. The first kappa shape index (κ1) is 18.3. The molecule has 2 rings (SSSR count). The van der Waals surface area contributed by atoms with Crippen molar-refractivity contribution in [3.05, 3.63) is 51.8 Å². The van der Waals surface area contributed by atoms with Gasteiger partial charge in [-0.25, -0.2) is 0 Å². The first-order chi connectivity index (χ1) is 11.1. The third kappa shape index (κ3) is 4.28. The number of rotatable bonds is 4. The Hall–Kier alpha value is -2.04. The van der Waals surface area contributed by atoms with Gasteiger partial charge in [-0.3, -0.25) is 4.79 Å². The lowest BCUT2D eigenvalue weighted by atomic mass is 9.92. The van der Waals surface area contributed by atoms with Gasteiger partial charge in [-0.1, -0.05) is 39.8 Å². The van der Waals surface area contributed by atoms with E-state index < -0.39 is 17.3 Å². The molecule has 2 aromatic rings. The molecule has 0 spiro atoms. The van der Waals surface area contributed by atoms with Crippen LogP contribution in [-0.4, -0.2) is 4.98 Å². The molecule has 1 heterocycles. The summed E-state index contributed by atoms with van der Waals surface area (Å²) in [5.41, 5.74) is 0.356. The van der Waals surface area contributed by atoms with Gasteiger partial charge in [0.05, 0.1) is 5.56 Å². The number of hydrogen-bond acceptors (Lipinski definition) is 1. The van der Waals surface area contributed by atoms with E-state index in [2.05, 4.69) is 24.9 Å². The molecular formula is C19H22F3NO. The Labute approximate surface area is 139 Å². The van der Waals surface area contributed by atoms with E-state index in [1.165, 1.54) is 6.07 Å². The Kier molecular flexibility index (Phi) is 5.21. The number of aromatic nitrogens is 1. The molecule has 24 heavy (non-hydrogen) atoms. The molecule has 0 fully saturated rings. The third-order valence-electron chi connectivity index (χ3n) is 3.68. The van der Waals surface area contributed by atoms with Crippen LogP contribution in [0, 0.1) is 11.8 Å². The molecule has 0 aliphatic heterocycles. The molecule has 0 aliphatic carbocycles. The maximum Gasteiger partial charge on any atom is 0.417 e. The van der Waals surface area contributed by atoms with E-state index in [4.69, 9.17) is 0 Å². The highest BCUT2D eigenvalue weighted by molar-refractivity contribution is 5.86. The fourth-order valence-electron chi connectivity index (χ4n) is 2.81. The van der Waals surface area contributed by atoms with Gasteiger partial charge in [0, 0.05) is 17.0 Å². The topological polar surface area (TPSA) is 32.9 Å². The quantitative estimate of drug-likeness (QED) is 0.770. The number of hydrogen-bond donors (Lipinski definition) is 1. The minimum atomic E-state index is -4.56. The summed E-state index contributed by atoms with van der Waals surface area (Å²) in [4.78, 5) is 14.0. The molecule has 0 saturated carbocycles. The van der Waals surface area contributed by atoms with E-state index in [1.807, 2.05) is 13.8 Å². The Morgan fingerprint density at radius 2 is 1.83 bits per heavy atom. The second kappa shape index (κ2) is 6.83. The van der Waals surface area contributed by atoms with E-state index in [0.717, 1.165) is 17.6 Å². The Morgan fingerprint density at radius 1 is 1.17 bits per heavy atom. The van der Waals surface area contributed by atoms with Gasteiger partial charge in [0.1, 0.15) is 0 Å². The summed E-state index contributed by atoms with van der Waals surface area (Å²) in [6.45, 7) is 8.24. The molecule has 0 atom stereocenters. The van der Waals surface area contributed by atoms with Crippen molar-refractivity contribution in [2.75, 3.05) is 0 Å². The number of pyridine rings is 1. The Balaban J connectivity index is 2.69. The van der Waals surface area contributed by atoms with E-state index >= 15 is 0 Å². The summed E-state index contributed by atoms with van der Waals surface area (Å²) in [6, 6.07) is 5.48. The number of aromatic amines is 1. The van der Waals surface area contributed by atoms with Crippen LogP contribution in [0.15, 0.2) is 35.1 Å². The van der Waals surface area contributed by atoms with E-state index in [9.17, 15) is 18.0 Å². The van der Waals surface area contributed by atoms with Gasteiger partial charge in [-0.15, -0.1) is 0 Å². The van der Waals surface area contributed by atoms with Crippen molar-refractivity contribution in [1.29, 1.82) is 0 Å². The van der Waals surface area contributed by atoms with Crippen LogP contribution in [-0.2, 0) is 6.18 Å². The second-order valence-corrected chi connectivity index (χ2v) is 6.84. The summed E-state index contributed by atoms with van der Waals surface area (Å²) in [5.74, 6) is 0.690. The summed E-state index contributed by atoms with van der Waals surface area (Å²) in [6.07, 6.45) is -1.69. The minimum Gasteiger partial charge on any atom is -0.322 e. The number of benzene rings is 1. The highest BCUT2D eigenvalue weighted by atomic mass is 19.4. The normalized spacial score (nSPS) is 13.3. The molecule has 0 unspecified atom stereocenters. The minimum absolute atomic E-state index is 0.0259. The maximum absolute atomic E-state index is 13.3. The van der Waals surface area contributed by atoms with Crippen LogP contribution in [0.4, 0.5) is 13.2 Å². The predicted octanol–water partition coefficient (Wildman–Crippen LogP) is 5.63. The van der Waals surface area contributed by atoms with Gasteiger partial charge in [0.25, 0.3) is 0 Å². The van der Waals surface area contributed by atoms with E-state index in [0.29, 0.717) is 17.9 Å². The Bertz CT molecular complexity index is 813. The van der Waals surface area contributed by atoms with Crippen molar-refractivity contribution in [3.63, 3.8) is 0 Å². The van der Waals surface area contributed by atoms with Gasteiger partial charge in [-0.05, 0) is 41.5 Å². The van der Waals surface area contributed by atoms with Gasteiger partial charge in [-0.2, -0.15) is 13.2 Å². The van der Waals surface area contributed by atoms with E-state index in [1.54, 1.807) is 12.1 Å². The zero-order chi connectivity index (χ0) is 18.1. The summed E-state index contributed by atoms with van der Waals surface area (Å²) in [5, 5.41) is 0.0259. The maximum atomic E-state index is 13.3. The summed E-state index contributed by atoms with van der Waals surface area (Å²) < 4.78 is 39.9. The molecular weight excluding hydrogens is 315 g/mol. The molecule has 2 nitrogen and oxygen atoms in total. The van der Waals surface area contributed by atoms with Crippen molar-refractivity contribution in [1.82, 2.24) is 4.98 Å².